The first-order valence-electron chi connectivity index (χ1n) is 11.9. The van der Waals surface area contributed by atoms with Crippen molar-refractivity contribution in [1.29, 1.82) is 0 Å². The monoisotopic (exact) mass is 452 g/mol. The van der Waals surface area contributed by atoms with Gasteiger partial charge in [-0.05, 0) is 66.6 Å². The van der Waals surface area contributed by atoms with E-state index in [0.29, 0.717) is 36.1 Å². The Balaban J connectivity index is 1.67. The van der Waals surface area contributed by atoms with Crippen LogP contribution in [0.4, 0.5) is 10.1 Å². The molecule has 1 saturated heterocycles. The second-order valence-corrected chi connectivity index (χ2v) is 9.49. The van der Waals surface area contributed by atoms with Gasteiger partial charge in [-0.1, -0.05) is 38.8 Å². The molecule has 5 nitrogen and oxygen atoms in total. The van der Waals surface area contributed by atoms with Crippen LogP contribution in [0.1, 0.15) is 57.6 Å². The third kappa shape index (κ3) is 4.90. The maximum absolute atomic E-state index is 13.7. The van der Waals surface area contributed by atoms with E-state index in [1.54, 1.807) is 36.3 Å². The van der Waals surface area contributed by atoms with E-state index in [0.717, 1.165) is 18.4 Å². The molecular formula is C27H33FN2O3. The Morgan fingerprint density at radius 2 is 1.73 bits per heavy atom. The second-order valence-electron chi connectivity index (χ2n) is 9.49. The van der Waals surface area contributed by atoms with E-state index in [1.165, 1.54) is 18.6 Å². The van der Waals surface area contributed by atoms with Crippen LogP contribution in [-0.4, -0.2) is 25.0 Å². The summed E-state index contributed by atoms with van der Waals surface area (Å²) in [6, 6.07) is 13.1. The van der Waals surface area contributed by atoms with E-state index in [2.05, 4.69) is 19.2 Å². The molecule has 4 rings (SSSR count). The fraction of sp³-hybridized carbons (Fsp3) is 0.481. The van der Waals surface area contributed by atoms with Crippen molar-refractivity contribution < 1.29 is 18.7 Å². The van der Waals surface area contributed by atoms with Crippen molar-refractivity contribution in [3.8, 4) is 5.75 Å². The number of ether oxygens (including phenoxy) is 1. The summed E-state index contributed by atoms with van der Waals surface area (Å²) in [5.41, 5.74) is 1.46. The zero-order valence-electron chi connectivity index (χ0n) is 19.6. The van der Waals surface area contributed by atoms with Gasteiger partial charge in [-0.15, -0.1) is 0 Å². The number of rotatable bonds is 5. The van der Waals surface area contributed by atoms with Crippen LogP contribution in [0.2, 0.25) is 0 Å². The average molecular weight is 453 g/mol. The van der Waals surface area contributed by atoms with Gasteiger partial charge in [0.15, 0.2) is 0 Å². The SMILES string of the molecule is COc1ccc(N2C(=O)CC[C@H](C(=O)N[C@H]3CCC[C@@H](C)[C@@H]3C)[C@@H]2c2ccc(F)cc2)cc1. The van der Waals surface area contributed by atoms with Crippen molar-refractivity contribution in [3.63, 3.8) is 0 Å². The summed E-state index contributed by atoms with van der Waals surface area (Å²) in [6.45, 7) is 4.45. The molecule has 0 spiro atoms. The van der Waals surface area contributed by atoms with Crippen LogP contribution in [0, 0.1) is 23.6 Å². The number of carbonyl (C=O) groups excluding carboxylic acids is 2. The summed E-state index contributed by atoms with van der Waals surface area (Å²) in [5.74, 6) is 0.842. The van der Waals surface area contributed by atoms with Crippen molar-refractivity contribution in [1.82, 2.24) is 5.32 Å². The van der Waals surface area contributed by atoms with E-state index >= 15 is 0 Å². The summed E-state index contributed by atoms with van der Waals surface area (Å²) < 4.78 is 19.0. The number of hydrogen-bond donors (Lipinski definition) is 1. The fourth-order valence-electron chi connectivity index (χ4n) is 5.33. The van der Waals surface area contributed by atoms with Crippen molar-refractivity contribution in [3.05, 3.63) is 59.9 Å². The topological polar surface area (TPSA) is 58.6 Å². The Labute approximate surface area is 195 Å². The highest BCUT2D eigenvalue weighted by molar-refractivity contribution is 5.97. The minimum absolute atomic E-state index is 0.0266. The highest BCUT2D eigenvalue weighted by Crippen LogP contribution is 2.41. The lowest BCUT2D eigenvalue weighted by molar-refractivity contribution is -0.130. The number of nitrogens with zero attached hydrogens (tertiary/aromatic N) is 1. The standard InChI is InChI=1S/C27H33FN2O3/c1-17-5-4-6-24(18(17)2)29-27(32)23-15-16-25(31)30(21-11-13-22(33-3)14-12-21)26(23)19-7-9-20(28)10-8-19/h7-14,17-18,23-24,26H,4-6,15-16H2,1-3H3,(H,29,32)/t17-,18+,23+,24+,26+/m1/s1. The second kappa shape index (κ2) is 9.94. The van der Waals surface area contributed by atoms with Gasteiger partial charge in [0.25, 0.3) is 0 Å². The molecule has 33 heavy (non-hydrogen) atoms. The normalized spacial score (nSPS) is 27.8. The molecule has 1 N–H and O–H groups in total. The minimum Gasteiger partial charge on any atom is -0.497 e. The number of benzene rings is 2. The Bertz CT molecular complexity index is 976. The van der Waals surface area contributed by atoms with Gasteiger partial charge in [0.2, 0.25) is 11.8 Å². The van der Waals surface area contributed by atoms with Crippen LogP contribution in [0.25, 0.3) is 0 Å². The molecule has 1 saturated carbocycles. The van der Waals surface area contributed by atoms with Crippen molar-refractivity contribution in [2.75, 3.05) is 12.0 Å². The smallest absolute Gasteiger partial charge is 0.227 e. The molecule has 2 aromatic carbocycles. The lowest BCUT2D eigenvalue weighted by Gasteiger charge is -2.42. The Morgan fingerprint density at radius 3 is 2.39 bits per heavy atom. The van der Waals surface area contributed by atoms with E-state index in [-0.39, 0.29) is 23.7 Å². The van der Waals surface area contributed by atoms with E-state index < -0.39 is 12.0 Å². The summed E-state index contributed by atoms with van der Waals surface area (Å²) in [7, 11) is 1.59. The van der Waals surface area contributed by atoms with Crippen LogP contribution >= 0.6 is 0 Å². The van der Waals surface area contributed by atoms with Gasteiger partial charge in [0.05, 0.1) is 19.1 Å². The van der Waals surface area contributed by atoms with E-state index in [4.69, 9.17) is 4.74 Å². The first-order chi connectivity index (χ1) is 15.9. The summed E-state index contributed by atoms with van der Waals surface area (Å²) in [4.78, 5) is 28.5. The maximum Gasteiger partial charge on any atom is 0.227 e. The molecule has 1 aliphatic carbocycles. The lowest BCUT2D eigenvalue weighted by Crippen LogP contribution is -2.52. The average Bonchev–Trinajstić information content (AvgIpc) is 2.82. The van der Waals surface area contributed by atoms with E-state index in [9.17, 15) is 14.0 Å². The number of methoxy groups -OCH3 is 1. The number of hydrogen-bond acceptors (Lipinski definition) is 3. The molecule has 176 valence electrons. The molecule has 0 bridgehead atoms. The molecule has 1 aliphatic heterocycles. The molecule has 0 radical (unpaired) electrons. The number of carbonyl (C=O) groups is 2. The third-order valence-electron chi connectivity index (χ3n) is 7.53. The summed E-state index contributed by atoms with van der Waals surface area (Å²) in [5, 5.41) is 3.31. The van der Waals surface area contributed by atoms with Gasteiger partial charge < -0.3 is 15.0 Å². The first kappa shape index (κ1) is 23.3. The molecule has 5 atom stereocenters. The zero-order chi connectivity index (χ0) is 23.5. The van der Waals surface area contributed by atoms with Gasteiger partial charge in [0, 0.05) is 18.2 Å². The molecule has 1 heterocycles. The van der Waals surface area contributed by atoms with Crippen molar-refractivity contribution >= 4 is 17.5 Å². The lowest BCUT2D eigenvalue weighted by atomic mass is 9.77. The molecular weight excluding hydrogens is 419 g/mol. The largest absolute Gasteiger partial charge is 0.497 e. The fourth-order valence-corrected chi connectivity index (χ4v) is 5.33. The molecule has 2 amide bonds. The number of piperidine rings is 1. The Hall–Kier alpha value is -2.89. The van der Waals surface area contributed by atoms with Crippen LogP contribution in [-0.2, 0) is 9.59 Å². The van der Waals surface area contributed by atoms with Crippen LogP contribution in [0.15, 0.2) is 48.5 Å². The van der Waals surface area contributed by atoms with Crippen molar-refractivity contribution in [2.45, 2.75) is 58.0 Å². The minimum atomic E-state index is -0.503. The zero-order valence-corrected chi connectivity index (χ0v) is 19.6. The van der Waals surface area contributed by atoms with E-state index in [1.807, 2.05) is 12.1 Å². The number of anilines is 1. The molecule has 2 aliphatic rings. The van der Waals surface area contributed by atoms with Gasteiger partial charge in [-0.3, -0.25) is 9.59 Å². The highest BCUT2D eigenvalue weighted by atomic mass is 19.1. The van der Waals surface area contributed by atoms with Gasteiger partial charge >= 0.3 is 0 Å². The third-order valence-corrected chi connectivity index (χ3v) is 7.53. The van der Waals surface area contributed by atoms with Gasteiger partial charge in [-0.25, -0.2) is 4.39 Å². The number of nitrogens with one attached hydrogen (secondary N) is 1. The number of halogens is 1. The Morgan fingerprint density at radius 1 is 1.03 bits per heavy atom. The molecule has 0 aromatic heterocycles. The summed E-state index contributed by atoms with van der Waals surface area (Å²) >= 11 is 0. The van der Waals surface area contributed by atoms with Crippen LogP contribution < -0.4 is 15.0 Å². The maximum atomic E-state index is 13.7. The molecule has 6 heteroatoms. The van der Waals surface area contributed by atoms with Gasteiger partial charge in [0.1, 0.15) is 11.6 Å². The predicted octanol–water partition coefficient (Wildman–Crippen LogP) is 5.26. The quantitative estimate of drug-likeness (QED) is 0.673. The van der Waals surface area contributed by atoms with Crippen molar-refractivity contribution in [2.24, 2.45) is 17.8 Å². The number of amides is 2. The molecule has 2 aromatic rings. The van der Waals surface area contributed by atoms with Crippen LogP contribution in [0.5, 0.6) is 5.75 Å². The molecule has 0 unspecified atom stereocenters. The molecule has 2 fully saturated rings. The van der Waals surface area contributed by atoms with Gasteiger partial charge in [-0.2, -0.15) is 0 Å². The Kier molecular flexibility index (Phi) is 7.01. The highest BCUT2D eigenvalue weighted by Gasteiger charge is 2.42. The first-order valence-corrected chi connectivity index (χ1v) is 11.9. The summed E-state index contributed by atoms with van der Waals surface area (Å²) in [6.07, 6.45) is 4.04. The predicted molar refractivity (Wildman–Crippen MR) is 126 cm³/mol. The van der Waals surface area contributed by atoms with Crippen LogP contribution in [0.3, 0.4) is 0 Å².